The Labute approximate surface area is 185 Å². The molecule has 6 atom stereocenters. The Bertz CT molecular complexity index is 887. The molecule has 3 saturated carbocycles. The summed E-state index contributed by atoms with van der Waals surface area (Å²) in [4.78, 5) is 39.2. The predicted octanol–water partition coefficient (Wildman–Crippen LogP) is 4.34. The molecular formula is C25H35BO5. The molecule has 5 aliphatic rings. The van der Waals surface area contributed by atoms with Crippen molar-refractivity contribution in [3.63, 3.8) is 0 Å². The number of hydrogen-bond acceptors (Lipinski definition) is 5. The molecule has 5 nitrogen and oxygen atoms in total. The quantitative estimate of drug-likeness (QED) is 0.539. The number of ketones is 3. The summed E-state index contributed by atoms with van der Waals surface area (Å²) < 4.78 is 12.4. The van der Waals surface area contributed by atoms with Gasteiger partial charge in [0.25, 0.3) is 0 Å². The first-order chi connectivity index (χ1) is 14.4. The number of rotatable bonds is 0. The fraction of sp³-hybridized carbons (Fsp3) is 0.800. The minimum absolute atomic E-state index is 0.00937. The van der Waals surface area contributed by atoms with E-state index in [1.807, 2.05) is 6.08 Å². The van der Waals surface area contributed by atoms with Gasteiger partial charge in [0.1, 0.15) is 11.4 Å². The molecule has 31 heavy (non-hydrogen) atoms. The molecule has 0 radical (unpaired) electrons. The van der Waals surface area contributed by atoms with E-state index >= 15 is 0 Å². The molecule has 0 bridgehead atoms. The molecule has 6 heteroatoms. The van der Waals surface area contributed by atoms with E-state index in [1.165, 1.54) is 5.57 Å². The average molecular weight is 426 g/mol. The first-order valence-corrected chi connectivity index (χ1v) is 12.0. The van der Waals surface area contributed by atoms with Crippen molar-refractivity contribution in [3.8, 4) is 0 Å². The maximum Gasteiger partial charge on any atom is 0.463 e. The molecule has 0 amide bonds. The Kier molecular flexibility index (Phi) is 4.61. The van der Waals surface area contributed by atoms with Gasteiger partial charge in [0.05, 0.1) is 6.61 Å². The Hall–Kier alpha value is -1.27. The van der Waals surface area contributed by atoms with Crippen LogP contribution in [-0.2, 0) is 23.7 Å². The van der Waals surface area contributed by atoms with E-state index in [2.05, 4.69) is 34.6 Å². The van der Waals surface area contributed by atoms with Crippen LogP contribution < -0.4 is 0 Å². The van der Waals surface area contributed by atoms with Gasteiger partial charge in [-0.15, -0.1) is 0 Å². The van der Waals surface area contributed by atoms with Gasteiger partial charge in [0.2, 0.25) is 0 Å². The largest absolute Gasteiger partial charge is 0.463 e. The minimum Gasteiger partial charge on any atom is -0.403 e. The monoisotopic (exact) mass is 426 g/mol. The summed E-state index contributed by atoms with van der Waals surface area (Å²) in [7, 11) is -0.448. The number of carbonyl (C=O) groups excluding carboxylic acids is 3. The molecule has 0 N–H and O–H groups in total. The highest BCUT2D eigenvalue weighted by atomic mass is 16.6. The second kappa shape index (κ2) is 6.63. The van der Waals surface area contributed by atoms with Gasteiger partial charge in [-0.2, -0.15) is 0 Å². The third-order valence-electron chi connectivity index (χ3n) is 9.61. The van der Waals surface area contributed by atoms with Gasteiger partial charge in [0, 0.05) is 24.2 Å². The van der Waals surface area contributed by atoms with Gasteiger partial charge in [-0.1, -0.05) is 40.2 Å². The van der Waals surface area contributed by atoms with Gasteiger partial charge in [-0.05, 0) is 60.7 Å². The summed E-state index contributed by atoms with van der Waals surface area (Å²) in [5.74, 6) is 0.982. The number of carbonyl (C=O) groups is 3. The van der Waals surface area contributed by atoms with Crippen LogP contribution in [0.2, 0.25) is 5.31 Å². The molecule has 1 saturated heterocycles. The smallest absolute Gasteiger partial charge is 0.403 e. The Balaban J connectivity index is 1.53. The van der Waals surface area contributed by atoms with Crippen molar-refractivity contribution in [2.45, 2.75) is 90.5 Å². The predicted molar refractivity (Wildman–Crippen MR) is 117 cm³/mol. The summed E-state index contributed by atoms with van der Waals surface area (Å²) in [6.45, 7) is 10.6. The minimum atomic E-state index is -0.923. The Morgan fingerprint density at radius 2 is 1.81 bits per heavy atom. The first-order valence-electron chi connectivity index (χ1n) is 12.0. The second-order valence-corrected chi connectivity index (χ2v) is 12.3. The zero-order valence-corrected chi connectivity index (χ0v) is 19.6. The van der Waals surface area contributed by atoms with Crippen LogP contribution in [0.15, 0.2) is 11.6 Å². The number of fused-ring (bicyclic) bond motifs is 6. The third-order valence-corrected chi connectivity index (χ3v) is 9.61. The normalized spacial score (nSPS) is 45.3. The molecule has 0 aromatic carbocycles. The lowest BCUT2D eigenvalue weighted by Crippen LogP contribution is -2.66. The summed E-state index contributed by atoms with van der Waals surface area (Å²) in [6, 6.07) is 0. The van der Waals surface area contributed by atoms with Crippen LogP contribution in [0.25, 0.3) is 0 Å². The summed E-state index contributed by atoms with van der Waals surface area (Å²) in [6.07, 6.45) is 6.93. The fourth-order valence-electron chi connectivity index (χ4n) is 8.00. The summed E-state index contributed by atoms with van der Waals surface area (Å²) in [5, 5.41) is -0.240. The van der Waals surface area contributed by atoms with Crippen LogP contribution in [0.4, 0.5) is 0 Å². The molecule has 0 unspecified atom stereocenters. The molecule has 0 aromatic rings. The van der Waals surface area contributed by atoms with Gasteiger partial charge < -0.3 is 9.31 Å². The van der Waals surface area contributed by atoms with E-state index in [1.54, 1.807) is 0 Å². The Morgan fingerprint density at radius 3 is 2.52 bits per heavy atom. The zero-order chi connectivity index (χ0) is 22.4. The lowest BCUT2D eigenvalue weighted by Gasteiger charge is -2.59. The zero-order valence-electron chi connectivity index (χ0n) is 19.6. The highest BCUT2D eigenvalue weighted by Gasteiger charge is 2.71. The van der Waals surface area contributed by atoms with Crippen molar-refractivity contribution >= 4 is 24.5 Å². The van der Waals surface area contributed by atoms with Crippen molar-refractivity contribution in [2.24, 2.45) is 28.6 Å². The molecule has 1 spiro atoms. The van der Waals surface area contributed by atoms with Gasteiger partial charge in [0.15, 0.2) is 11.6 Å². The second-order valence-electron chi connectivity index (χ2n) is 12.3. The molecule has 1 aliphatic heterocycles. The van der Waals surface area contributed by atoms with E-state index in [0.717, 1.165) is 25.7 Å². The average Bonchev–Trinajstić information content (AvgIpc) is 2.96. The maximum atomic E-state index is 13.8. The lowest BCUT2D eigenvalue weighted by atomic mass is 9.45. The third kappa shape index (κ3) is 2.79. The maximum absolute atomic E-state index is 13.8. The molecule has 4 fully saturated rings. The fourth-order valence-corrected chi connectivity index (χ4v) is 8.00. The van der Waals surface area contributed by atoms with Crippen molar-refractivity contribution < 1.29 is 23.7 Å². The highest BCUT2D eigenvalue weighted by Crippen LogP contribution is 2.68. The lowest BCUT2D eigenvalue weighted by molar-refractivity contribution is -0.175. The topological polar surface area (TPSA) is 69.7 Å². The summed E-state index contributed by atoms with van der Waals surface area (Å²) >= 11 is 0. The standard InChI is InChI=1S/C25H35BO5/c1-22(2,3)26-30-14-20(29)25(31-26)11-9-18-17-7-6-15-12-16(27)8-10-23(15,4)21(17)19(28)13-24(18,25)5/h12,17-18,21H,6-11,13-14H2,1-5H3/t17-,18-,21+,23-,24-,25-/m0/s1. The van der Waals surface area contributed by atoms with Crippen molar-refractivity contribution in [1.82, 2.24) is 0 Å². The molecule has 4 aliphatic carbocycles. The summed E-state index contributed by atoms with van der Waals surface area (Å²) in [5.41, 5.74) is -0.438. The highest BCUT2D eigenvalue weighted by molar-refractivity contribution is 6.49. The van der Waals surface area contributed by atoms with Crippen LogP contribution in [0, 0.1) is 28.6 Å². The van der Waals surface area contributed by atoms with Crippen molar-refractivity contribution in [3.05, 3.63) is 11.6 Å². The number of allylic oxidation sites excluding steroid dienone is 1. The van der Waals surface area contributed by atoms with Crippen LogP contribution in [-0.4, -0.2) is 36.7 Å². The van der Waals surface area contributed by atoms with Gasteiger partial charge >= 0.3 is 7.12 Å². The molecular weight excluding hydrogens is 391 g/mol. The van der Waals surface area contributed by atoms with Crippen molar-refractivity contribution in [2.75, 3.05) is 6.61 Å². The SMILES string of the molecule is CC(C)(C)B1OCC(=O)[C@]2(CC[C@H]3[C@@H]4CCC5=CC(=O)CC[C@]5(C)[C@H]4C(=O)C[C@@]32C)O1. The van der Waals surface area contributed by atoms with Crippen LogP contribution >= 0.6 is 0 Å². The van der Waals surface area contributed by atoms with E-state index in [4.69, 9.17) is 9.31 Å². The van der Waals surface area contributed by atoms with Gasteiger partial charge in [-0.25, -0.2) is 0 Å². The van der Waals surface area contributed by atoms with E-state index in [9.17, 15) is 14.4 Å². The molecule has 1 heterocycles. The van der Waals surface area contributed by atoms with Crippen LogP contribution in [0.3, 0.4) is 0 Å². The van der Waals surface area contributed by atoms with Crippen molar-refractivity contribution in [1.29, 1.82) is 0 Å². The molecule has 0 aromatic heterocycles. The van der Waals surface area contributed by atoms with E-state index < -0.39 is 18.1 Å². The van der Waals surface area contributed by atoms with Gasteiger partial charge in [-0.3, -0.25) is 14.4 Å². The first kappa shape index (κ1) is 21.6. The molecule has 168 valence electrons. The van der Waals surface area contributed by atoms with Crippen LogP contribution in [0.5, 0.6) is 0 Å². The van der Waals surface area contributed by atoms with Crippen LogP contribution in [0.1, 0.15) is 79.6 Å². The Morgan fingerprint density at radius 1 is 1.06 bits per heavy atom. The number of hydrogen-bond donors (Lipinski definition) is 0. The van der Waals surface area contributed by atoms with E-state index in [0.29, 0.717) is 19.3 Å². The van der Waals surface area contributed by atoms with E-state index in [-0.39, 0.29) is 52.4 Å². The number of Topliss-reactive ketones (excluding diaryl/α,β-unsaturated/α-hetero) is 2. The molecule has 5 rings (SSSR count).